The minimum absolute atomic E-state index is 0.771. The molecular formula is C12H23NO2. The van der Waals surface area contributed by atoms with Crippen molar-refractivity contribution in [2.75, 3.05) is 46.1 Å². The first-order valence-electron chi connectivity index (χ1n) is 5.66. The van der Waals surface area contributed by atoms with Crippen molar-refractivity contribution in [3.8, 4) is 12.3 Å². The van der Waals surface area contributed by atoms with Gasteiger partial charge in [0.2, 0.25) is 0 Å². The van der Waals surface area contributed by atoms with Gasteiger partial charge in [-0.1, -0.05) is 0 Å². The molecule has 0 saturated carbocycles. The van der Waals surface area contributed by atoms with E-state index in [4.69, 9.17) is 15.9 Å². The predicted molar refractivity (Wildman–Crippen MR) is 62.9 cm³/mol. The Bertz CT molecular complexity index is 155. The third-order valence-electron chi connectivity index (χ3n) is 2.08. The van der Waals surface area contributed by atoms with E-state index in [0.717, 1.165) is 52.5 Å². The van der Waals surface area contributed by atoms with Crippen molar-refractivity contribution in [2.24, 2.45) is 0 Å². The lowest BCUT2D eigenvalue weighted by molar-refractivity contribution is 0.0838. The summed E-state index contributed by atoms with van der Waals surface area (Å²) >= 11 is 0. The number of rotatable bonds is 10. The molecule has 88 valence electrons. The van der Waals surface area contributed by atoms with Crippen molar-refractivity contribution in [3.05, 3.63) is 0 Å². The molecule has 0 amide bonds. The molecule has 0 aromatic carbocycles. The van der Waals surface area contributed by atoms with Crippen LogP contribution in [0.3, 0.4) is 0 Å². The van der Waals surface area contributed by atoms with Gasteiger partial charge in [0.25, 0.3) is 0 Å². The minimum atomic E-state index is 0.771. The quantitative estimate of drug-likeness (QED) is 0.404. The van der Waals surface area contributed by atoms with Crippen LogP contribution in [-0.4, -0.2) is 51.0 Å². The van der Waals surface area contributed by atoms with Crippen molar-refractivity contribution in [3.63, 3.8) is 0 Å². The van der Waals surface area contributed by atoms with Gasteiger partial charge in [-0.2, -0.15) is 0 Å². The molecule has 0 atom stereocenters. The molecule has 0 heterocycles. The molecule has 3 nitrogen and oxygen atoms in total. The Hall–Kier alpha value is -0.560. The molecule has 0 rings (SSSR count). The number of hydrogen-bond donors (Lipinski definition) is 0. The summed E-state index contributed by atoms with van der Waals surface area (Å²) < 4.78 is 10.6. The van der Waals surface area contributed by atoms with Gasteiger partial charge in [0, 0.05) is 39.3 Å². The zero-order valence-corrected chi connectivity index (χ0v) is 10.00. The molecule has 0 saturated heterocycles. The van der Waals surface area contributed by atoms with Crippen LogP contribution in [0.2, 0.25) is 0 Å². The van der Waals surface area contributed by atoms with Crippen LogP contribution in [0, 0.1) is 12.3 Å². The van der Waals surface area contributed by atoms with Crippen molar-refractivity contribution >= 4 is 0 Å². The van der Waals surface area contributed by atoms with E-state index >= 15 is 0 Å². The Kier molecular flexibility index (Phi) is 11.1. The van der Waals surface area contributed by atoms with E-state index in [1.807, 2.05) is 13.8 Å². The third kappa shape index (κ3) is 9.74. The maximum atomic E-state index is 5.32. The van der Waals surface area contributed by atoms with E-state index < -0.39 is 0 Å². The maximum absolute atomic E-state index is 5.32. The first-order chi connectivity index (χ1) is 7.35. The summed E-state index contributed by atoms with van der Waals surface area (Å²) in [4.78, 5) is 2.28. The van der Waals surface area contributed by atoms with Gasteiger partial charge in [0.15, 0.2) is 0 Å². The summed E-state index contributed by atoms with van der Waals surface area (Å²) in [5.41, 5.74) is 0. The van der Waals surface area contributed by atoms with Crippen LogP contribution in [0.5, 0.6) is 0 Å². The number of nitrogens with zero attached hydrogens (tertiary/aromatic N) is 1. The van der Waals surface area contributed by atoms with Crippen molar-refractivity contribution in [1.82, 2.24) is 4.90 Å². The van der Waals surface area contributed by atoms with Crippen molar-refractivity contribution in [1.29, 1.82) is 0 Å². The molecule has 0 aliphatic heterocycles. The highest BCUT2D eigenvalue weighted by molar-refractivity contribution is 4.84. The maximum Gasteiger partial charge on any atom is 0.0593 e. The summed E-state index contributed by atoms with van der Waals surface area (Å²) in [5, 5.41) is 0. The molecule has 0 aliphatic rings. The third-order valence-corrected chi connectivity index (χ3v) is 2.08. The van der Waals surface area contributed by atoms with Gasteiger partial charge in [-0.3, -0.25) is 4.90 Å². The van der Waals surface area contributed by atoms with Crippen LogP contribution in [0.15, 0.2) is 0 Å². The van der Waals surface area contributed by atoms with Crippen LogP contribution >= 0.6 is 0 Å². The SMILES string of the molecule is C#CCCN(CCOCC)CCOCC. The Morgan fingerprint density at radius 3 is 1.93 bits per heavy atom. The van der Waals surface area contributed by atoms with E-state index in [0.29, 0.717) is 0 Å². The lowest BCUT2D eigenvalue weighted by Gasteiger charge is -2.20. The van der Waals surface area contributed by atoms with E-state index in [-0.39, 0.29) is 0 Å². The van der Waals surface area contributed by atoms with Crippen LogP contribution in [0.1, 0.15) is 20.3 Å². The zero-order valence-electron chi connectivity index (χ0n) is 10.00. The fraction of sp³-hybridized carbons (Fsp3) is 0.833. The molecular weight excluding hydrogens is 190 g/mol. The number of ether oxygens (including phenoxy) is 2. The average Bonchev–Trinajstić information content (AvgIpc) is 2.25. The fourth-order valence-corrected chi connectivity index (χ4v) is 1.23. The van der Waals surface area contributed by atoms with E-state index in [1.54, 1.807) is 0 Å². The standard InChI is InChI=1S/C12H23NO2/c1-4-7-8-13(9-11-14-5-2)10-12-15-6-3/h1H,5-12H2,2-3H3. The first-order valence-corrected chi connectivity index (χ1v) is 5.66. The largest absolute Gasteiger partial charge is 0.380 e. The highest BCUT2D eigenvalue weighted by Crippen LogP contribution is 1.92. The molecule has 0 aliphatic carbocycles. The second-order valence-corrected chi connectivity index (χ2v) is 3.19. The monoisotopic (exact) mass is 213 g/mol. The summed E-state index contributed by atoms with van der Waals surface area (Å²) in [6, 6.07) is 0. The Labute approximate surface area is 93.7 Å². The minimum Gasteiger partial charge on any atom is -0.380 e. The summed E-state index contributed by atoms with van der Waals surface area (Å²) in [5.74, 6) is 2.66. The second kappa shape index (κ2) is 11.5. The van der Waals surface area contributed by atoms with Gasteiger partial charge in [-0.25, -0.2) is 0 Å². The summed E-state index contributed by atoms with van der Waals surface area (Å²) in [6.45, 7) is 9.89. The molecule has 15 heavy (non-hydrogen) atoms. The van der Waals surface area contributed by atoms with Crippen LogP contribution in [-0.2, 0) is 9.47 Å². The first kappa shape index (κ1) is 14.4. The van der Waals surface area contributed by atoms with Gasteiger partial charge < -0.3 is 9.47 Å². The smallest absolute Gasteiger partial charge is 0.0593 e. The van der Waals surface area contributed by atoms with Gasteiger partial charge in [-0.05, 0) is 13.8 Å². The number of terminal acetylenes is 1. The molecule has 0 fully saturated rings. The second-order valence-electron chi connectivity index (χ2n) is 3.19. The zero-order chi connectivity index (χ0) is 11.4. The summed E-state index contributed by atoms with van der Waals surface area (Å²) in [7, 11) is 0. The normalized spacial score (nSPS) is 10.5. The van der Waals surface area contributed by atoms with Crippen LogP contribution < -0.4 is 0 Å². The van der Waals surface area contributed by atoms with E-state index in [2.05, 4.69) is 10.8 Å². The fourth-order valence-electron chi connectivity index (χ4n) is 1.23. The van der Waals surface area contributed by atoms with Crippen LogP contribution in [0.25, 0.3) is 0 Å². The Morgan fingerprint density at radius 2 is 1.53 bits per heavy atom. The van der Waals surface area contributed by atoms with Gasteiger partial charge in [0.05, 0.1) is 13.2 Å². The topological polar surface area (TPSA) is 21.7 Å². The average molecular weight is 213 g/mol. The lowest BCUT2D eigenvalue weighted by atomic mass is 10.4. The molecule has 0 N–H and O–H groups in total. The molecule has 3 heteroatoms. The highest BCUT2D eigenvalue weighted by Gasteiger charge is 2.03. The van der Waals surface area contributed by atoms with Gasteiger partial charge >= 0.3 is 0 Å². The van der Waals surface area contributed by atoms with Gasteiger partial charge in [-0.15, -0.1) is 12.3 Å². The van der Waals surface area contributed by atoms with Crippen LogP contribution in [0.4, 0.5) is 0 Å². The summed E-state index contributed by atoms with van der Waals surface area (Å²) in [6.07, 6.45) is 6.04. The molecule has 0 unspecified atom stereocenters. The van der Waals surface area contributed by atoms with Crippen molar-refractivity contribution < 1.29 is 9.47 Å². The van der Waals surface area contributed by atoms with Crippen molar-refractivity contribution in [2.45, 2.75) is 20.3 Å². The van der Waals surface area contributed by atoms with E-state index in [1.165, 1.54) is 0 Å². The van der Waals surface area contributed by atoms with Gasteiger partial charge in [0.1, 0.15) is 0 Å². The number of hydrogen-bond acceptors (Lipinski definition) is 3. The Balaban J connectivity index is 3.59. The Morgan fingerprint density at radius 1 is 1.00 bits per heavy atom. The molecule has 0 aromatic rings. The highest BCUT2D eigenvalue weighted by atomic mass is 16.5. The molecule has 0 radical (unpaired) electrons. The molecule has 0 spiro atoms. The molecule has 0 bridgehead atoms. The predicted octanol–water partition coefficient (Wildman–Crippen LogP) is 1.38. The molecule has 0 aromatic heterocycles. The lowest BCUT2D eigenvalue weighted by Crippen LogP contribution is -2.32. The van der Waals surface area contributed by atoms with E-state index in [9.17, 15) is 0 Å².